The van der Waals surface area contributed by atoms with E-state index in [2.05, 4.69) is 11.7 Å². The van der Waals surface area contributed by atoms with Crippen LogP contribution in [0.2, 0.25) is 0 Å². The fourth-order valence-electron chi connectivity index (χ4n) is 3.36. The molecule has 1 fully saturated rings. The van der Waals surface area contributed by atoms with Crippen LogP contribution in [0.1, 0.15) is 48.3 Å². The number of hydrogen-bond donors (Lipinski definition) is 1. The van der Waals surface area contributed by atoms with Gasteiger partial charge >= 0.3 is 11.9 Å². The van der Waals surface area contributed by atoms with Crippen molar-refractivity contribution in [2.75, 3.05) is 19.8 Å². The second kappa shape index (κ2) is 11.5. The highest BCUT2D eigenvalue weighted by atomic mass is 32.1. The number of nitrogens with zero attached hydrogens (tertiary/aromatic N) is 1. The summed E-state index contributed by atoms with van der Waals surface area (Å²) >= 11 is 1.39. The summed E-state index contributed by atoms with van der Waals surface area (Å²) in [6, 6.07) is 7.36. The van der Waals surface area contributed by atoms with Crippen molar-refractivity contribution in [3.8, 4) is 0 Å². The van der Waals surface area contributed by atoms with Crippen molar-refractivity contribution in [2.24, 2.45) is 0 Å². The maximum Gasteiger partial charge on any atom is 0.348 e. The number of benzene rings is 1. The molecule has 1 N–H and O–H groups in total. The highest BCUT2D eigenvalue weighted by molar-refractivity contribution is 7.53. The van der Waals surface area contributed by atoms with Crippen molar-refractivity contribution in [1.29, 1.82) is 0 Å². The van der Waals surface area contributed by atoms with Gasteiger partial charge in [-0.05, 0) is 48.9 Å². The molecule has 1 unspecified atom stereocenters. The molecule has 172 valence electrons. The number of carbonyl (C=O) groups excluding carboxylic acids is 3. The van der Waals surface area contributed by atoms with Gasteiger partial charge in [-0.15, -0.1) is 11.3 Å². The highest BCUT2D eigenvalue weighted by Gasteiger charge is 2.31. The summed E-state index contributed by atoms with van der Waals surface area (Å²) in [5, 5.41) is 4.31. The predicted molar refractivity (Wildman–Crippen MR) is 128 cm³/mol. The summed E-state index contributed by atoms with van der Waals surface area (Å²) < 4.78 is 13.3. The van der Waals surface area contributed by atoms with Gasteiger partial charge in [0.25, 0.3) is 0 Å². The lowest BCUT2D eigenvalue weighted by molar-refractivity contribution is -0.145. The minimum atomic E-state index is -1.10. The van der Waals surface area contributed by atoms with Gasteiger partial charge in [0, 0.05) is 23.8 Å². The van der Waals surface area contributed by atoms with Crippen molar-refractivity contribution in [3.63, 3.8) is 0 Å². The summed E-state index contributed by atoms with van der Waals surface area (Å²) in [5.74, 6) is -0.554. The van der Waals surface area contributed by atoms with Gasteiger partial charge in [-0.1, -0.05) is 25.6 Å². The number of thiophene rings is 1. The van der Waals surface area contributed by atoms with Crippen LogP contribution in [0.25, 0.3) is 10.1 Å². The third kappa shape index (κ3) is 6.15. The van der Waals surface area contributed by atoms with Gasteiger partial charge in [-0.3, -0.25) is 14.7 Å². The lowest BCUT2D eigenvalue weighted by atomic mass is 10.2. The van der Waals surface area contributed by atoms with Crippen LogP contribution in [-0.2, 0) is 25.2 Å². The fraction of sp³-hybridized carbons (Fsp3) is 0.435. The van der Waals surface area contributed by atoms with Crippen molar-refractivity contribution >= 4 is 47.5 Å². The van der Waals surface area contributed by atoms with Crippen LogP contribution in [0.3, 0.4) is 0 Å². The quantitative estimate of drug-likeness (QED) is 0.290. The monoisotopic (exact) mass is 476 g/mol. The second-order valence-electron chi connectivity index (χ2n) is 7.57. The molecule has 1 aliphatic heterocycles. The van der Waals surface area contributed by atoms with Gasteiger partial charge in [0.05, 0.1) is 14.8 Å². The first-order valence-electron chi connectivity index (χ1n) is 10.7. The van der Waals surface area contributed by atoms with E-state index in [9.17, 15) is 14.4 Å². The Kier molecular flexibility index (Phi) is 8.79. The number of rotatable bonds is 11. The van der Waals surface area contributed by atoms with Crippen LogP contribution in [0.5, 0.6) is 0 Å². The Bertz CT molecular complexity index is 992. The molecular formula is C23H29N2O5PS. The molecule has 2 atom stereocenters. The molecule has 9 heteroatoms. The molecule has 1 aromatic heterocycles. The average molecular weight is 477 g/mol. The van der Waals surface area contributed by atoms with Gasteiger partial charge in [-0.2, -0.15) is 0 Å². The van der Waals surface area contributed by atoms with Crippen LogP contribution in [0.15, 0.2) is 36.9 Å². The van der Waals surface area contributed by atoms with E-state index in [1.807, 2.05) is 35.9 Å². The minimum Gasteiger partial charge on any atom is -0.465 e. The lowest BCUT2D eigenvalue weighted by Crippen LogP contribution is -2.37. The Hall–Kier alpha value is -2.28. The number of nitrogens with one attached hydrogen (secondary N) is 1. The van der Waals surface area contributed by atoms with E-state index in [1.54, 1.807) is 6.92 Å². The predicted octanol–water partition coefficient (Wildman–Crippen LogP) is 4.61. The third-order valence-corrected chi connectivity index (χ3v) is 8.38. The number of amides is 1. The van der Waals surface area contributed by atoms with Crippen molar-refractivity contribution in [2.45, 2.75) is 45.3 Å². The van der Waals surface area contributed by atoms with Crippen LogP contribution in [0, 0.1) is 0 Å². The molecule has 0 saturated carbocycles. The smallest absolute Gasteiger partial charge is 0.348 e. The van der Waals surface area contributed by atoms with E-state index in [0.717, 1.165) is 28.5 Å². The molecule has 1 aliphatic rings. The Morgan fingerprint density at radius 3 is 2.84 bits per heavy atom. The summed E-state index contributed by atoms with van der Waals surface area (Å²) in [5.41, 5.74) is 1.04. The maximum absolute atomic E-state index is 12.4. The Labute approximate surface area is 193 Å². The van der Waals surface area contributed by atoms with Gasteiger partial charge < -0.3 is 14.1 Å². The average Bonchev–Trinajstić information content (AvgIpc) is 3.40. The van der Waals surface area contributed by atoms with E-state index in [1.165, 1.54) is 17.4 Å². The van der Waals surface area contributed by atoms with E-state index in [-0.39, 0.29) is 24.5 Å². The van der Waals surface area contributed by atoms with E-state index in [0.29, 0.717) is 30.6 Å². The number of ether oxygens (including phenoxy) is 2. The molecule has 7 nitrogen and oxygen atoms in total. The molecule has 0 bridgehead atoms. The number of carbonyl (C=O) groups is 3. The normalized spacial score (nSPS) is 15.6. The second-order valence-corrected chi connectivity index (χ2v) is 10.5. The van der Waals surface area contributed by atoms with Gasteiger partial charge in [0.15, 0.2) is 0 Å². The molecule has 0 spiro atoms. The maximum atomic E-state index is 12.4. The standard InChI is InChI=1S/C23H29N2O5PS/c1-4-11-29-22(27)16(3)24-31(25-10-6-7-21(25)26)15-17-8-9-19-18(13-17)14-20(32-19)23(28)30-12-5-2/h5,8-9,13-14,16,24H,2,4,6-7,10-12,15H2,1,3H3/t16-,31?/m0/s1. The fourth-order valence-corrected chi connectivity index (χ4v) is 6.55. The molecule has 1 saturated heterocycles. The zero-order chi connectivity index (χ0) is 23.1. The Balaban J connectivity index is 1.77. The summed E-state index contributed by atoms with van der Waals surface area (Å²) in [6.45, 7) is 8.54. The summed E-state index contributed by atoms with van der Waals surface area (Å²) in [6.07, 6.45) is 4.27. The Morgan fingerprint density at radius 2 is 2.16 bits per heavy atom. The van der Waals surface area contributed by atoms with Crippen LogP contribution < -0.4 is 5.09 Å². The molecule has 1 aromatic carbocycles. The summed E-state index contributed by atoms with van der Waals surface area (Å²) in [4.78, 5) is 37.4. The topological polar surface area (TPSA) is 84.9 Å². The summed E-state index contributed by atoms with van der Waals surface area (Å²) in [7, 11) is -1.10. The molecule has 2 heterocycles. The molecule has 2 aromatic rings. The Morgan fingerprint density at radius 1 is 1.34 bits per heavy atom. The zero-order valence-electron chi connectivity index (χ0n) is 18.5. The van der Waals surface area contributed by atoms with Crippen molar-refractivity contribution in [1.82, 2.24) is 9.76 Å². The van der Waals surface area contributed by atoms with E-state index in [4.69, 9.17) is 9.47 Å². The van der Waals surface area contributed by atoms with Crippen molar-refractivity contribution in [3.05, 3.63) is 47.4 Å². The van der Waals surface area contributed by atoms with Crippen LogP contribution >= 0.6 is 19.6 Å². The highest BCUT2D eigenvalue weighted by Crippen LogP contribution is 2.44. The first-order chi connectivity index (χ1) is 15.4. The van der Waals surface area contributed by atoms with Crippen LogP contribution in [-0.4, -0.2) is 48.3 Å². The molecule has 3 rings (SSSR count). The van der Waals surface area contributed by atoms with Crippen LogP contribution in [0.4, 0.5) is 0 Å². The molecule has 0 aliphatic carbocycles. The first-order valence-corrected chi connectivity index (χ1v) is 13.0. The SMILES string of the molecule is C=CCOC(=O)c1cc2cc(CP(N[C@@H](C)C(=O)OCCC)N3CCCC3=O)ccc2s1. The minimum absolute atomic E-state index is 0.113. The number of hydrogen-bond acceptors (Lipinski definition) is 7. The van der Waals surface area contributed by atoms with Crippen molar-refractivity contribution < 1.29 is 23.9 Å². The van der Waals surface area contributed by atoms with E-state index >= 15 is 0 Å². The molecular weight excluding hydrogens is 447 g/mol. The number of esters is 2. The lowest BCUT2D eigenvalue weighted by Gasteiger charge is -2.30. The molecule has 32 heavy (non-hydrogen) atoms. The van der Waals surface area contributed by atoms with Gasteiger partial charge in [0.1, 0.15) is 17.5 Å². The zero-order valence-corrected chi connectivity index (χ0v) is 20.2. The number of fused-ring (bicyclic) bond motifs is 1. The third-order valence-electron chi connectivity index (χ3n) is 4.93. The molecule has 0 radical (unpaired) electrons. The molecule has 1 amide bonds. The van der Waals surface area contributed by atoms with Gasteiger partial charge in [-0.25, -0.2) is 4.79 Å². The largest absolute Gasteiger partial charge is 0.465 e. The van der Waals surface area contributed by atoms with E-state index < -0.39 is 14.3 Å². The first kappa shape index (κ1) is 24.4. The van der Waals surface area contributed by atoms with Gasteiger partial charge in [0.2, 0.25) is 5.91 Å².